The molecule has 0 saturated carbocycles. The molecule has 14 heavy (non-hydrogen) atoms. The van der Waals surface area contributed by atoms with Crippen molar-refractivity contribution < 1.29 is 4.74 Å². The Labute approximate surface area is 81.1 Å². The maximum Gasteiger partial charge on any atom is 0.166 e. The number of methoxy groups -OCH3 is 1. The van der Waals surface area contributed by atoms with Crippen LogP contribution in [0.25, 0.3) is 5.69 Å². The van der Waals surface area contributed by atoms with Gasteiger partial charge >= 0.3 is 0 Å². The molecule has 0 amide bonds. The molecule has 1 heterocycles. The number of hydrogen-bond donors (Lipinski definition) is 1. The van der Waals surface area contributed by atoms with Crippen molar-refractivity contribution in [3.63, 3.8) is 0 Å². The molecular weight excluding hydrogens is 180 g/mol. The van der Waals surface area contributed by atoms with E-state index in [2.05, 4.69) is 10.2 Å². The molecule has 5 heteroatoms. The van der Waals surface area contributed by atoms with Gasteiger partial charge in [-0.2, -0.15) is 5.10 Å². The van der Waals surface area contributed by atoms with Crippen LogP contribution in [0.15, 0.2) is 30.5 Å². The first-order chi connectivity index (χ1) is 6.81. The van der Waals surface area contributed by atoms with Gasteiger partial charge in [0.15, 0.2) is 5.82 Å². The molecule has 0 spiro atoms. The van der Waals surface area contributed by atoms with Gasteiger partial charge in [-0.1, -0.05) is 12.1 Å². The van der Waals surface area contributed by atoms with Crippen LogP contribution in [0.1, 0.15) is 0 Å². The van der Waals surface area contributed by atoms with Crippen LogP contribution in [0, 0.1) is 0 Å². The molecule has 0 saturated heterocycles. The lowest BCUT2D eigenvalue weighted by molar-refractivity contribution is 0.410. The number of nitrogen functional groups attached to an aromatic ring is 1. The SMILES string of the molecule is COc1ccccc1-n1ncc(N)n1. The number of ether oxygens (including phenoxy) is 1. The second kappa shape index (κ2) is 3.37. The van der Waals surface area contributed by atoms with Crippen molar-refractivity contribution in [3.8, 4) is 11.4 Å². The highest BCUT2D eigenvalue weighted by atomic mass is 16.5. The fourth-order valence-corrected chi connectivity index (χ4v) is 1.19. The van der Waals surface area contributed by atoms with Crippen molar-refractivity contribution in [2.45, 2.75) is 0 Å². The molecule has 1 aromatic carbocycles. The molecule has 1 aromatic heterocycles. The number of nitrogens with zero attached hydrogens (tertiary/aromatic N) is 3. The minimum Gasteiger partial charge on any atom is -0.494 e. The number of aromatic nitrogens is 3. The molecule has 0 aliphatic rings. The van der Waals surface area contributed by atoms with E-state index in [1.54, 1.807) is 7.11 Å². The van der Waals surface area contributed by atoms with Crippen molar-refractivity contribution in [2.75, 3.05) is 12.8 Å². The molecular formula is C9H10N4O. The van der Waals surface area contributed by atoms with Gasteiger partial charge in [0.25, 0.3) is 0 Å². The summed E-state index contributed by atoms with van der Waals surface area (Å²) in [6.45, 7) is 0. The van der Waals surface area contributed by atoms with Crippen LogP contribution in [0.4, 0.5) is 5.82 Å². The number of nitrogens with two attached hydrogens (primary N) is 1. The maximum absolute atomic E-state index is 5.47. The summed E-state index contributed by atoms with van der Waals surface area (Å²) in [4.78, 5) is 1.44. The quantitative estimate of drug-likeness (QED) is 0.762. The topological polar surface area (TPSA) is 66.0 Å². The summed E-state index contributed by atoms with van der Waals surface area (Å²) in [5.41, 5.74) is 6.24. The highest BCUT2D eigenvalue weighted by Gasteiger charge is 2.05. The third kappa shape index (κ3) is 1.39. The first kappa shape index (κ1) is 8.55. The predicted octanol–water partition coefficient (Wildman–Crippen LogP) is 0.858. The molecule has 5 nitrogen and oxygen atoms in total. The monoisotopic (exact) mass is 190 g/mol. The molecule has 0 fully saturated rings. The lowest BCUT2D eigenvalue weighted by Crippen LogP contribution is -2.01. The van der Waals surface area contributed by atoms with Gasteiger partial charge in [-0.15, -0.1) is 9.90 Å². The van der Waals surface area contributed by atoms with Crippen LogP contribution < -0.4 is 10.5 Å². The summed E-state index contributed by atoms with van der Waals surface area (Å²) in [6, 6.07) is 7.47. The zero-order chi connectivity index (χ0) is 9.97. The van der Waals surface area contributed by atoms with Crippen LogP contribution in [0.3, 0.4) is 0 Å². The minimum atomic E-state index is 0.385. The minimum absolute atomic E-state index is 0.385. The van der Waals surface area contributed by atoms with Crippen LogP contribution >= 0.6 is 0 Å². The van der Waals surface area contributed by atoms with E-state index in [0.29, 0.717) is 11.6 Å². The third-order valence-corrected chi connectivity index (χ3v) is 1.81. The van der Waals surface area contributed by atoms with Crippen LogP contribution in [0.5, 0.6) is 5.75 Å². The van der Waals surface area contributed by atoms with Crippen LogP contribution in [0.2, 0.25) is 0 Å². The zero-order valence-corrected chi connectivity index (χ0v) is 7.71. The summed E-state index contributed by atoms with van der Waals surface area (Å²) < 4.78 is 5.17. The van der Waals surface area contributed by atoms with E-state index >= 15 is 0 Å². The zero-order valence-electron chi connectivity index (χ0n) is 7.71. The molecule has 0 bridgehead atoms. The average molecular weight is 190 g/mol. The van der Waals surface area contributed by atoms with Crippen LogP contribution in [-0.4, -0.2) is 22.1 Å². The van der Waals surface area contributed by atoms with E-state index in [1.807, 2.05) is 24.3 Å². The molecule has 2 aromatic rings. The number of benzene rings is 1. The number of anilines is 1. The molecule has 0 aliphatic heterocycles. The van der Waals surface area contributed by atoms with Crippen molar-refractivity contribution in [1.29, 1.82) is 0 Å². The number of para-hydroxylation sites is 2. The second-order valence-corrected chi connectivity index (χ2v) is 2.73. The van der Waals surface area contributed by atoms with Gasteiger partial charge in [0.05, 0.1) is 13.3 Å². The largest absolute Gasteiger partial charge is 0.494 e. The normalized spacial score (nSPS) is 10.1. The standard InChI is InChI=1S/C9H10N4O/c1-14-8-5-3-2-4-7(8)13-11-6-9(10)12-13/h2-6H,1H3,(H2,10,12). The predicted molar refractivity (Wildman–Crippen MR) is 52.3 cm³/mol. The number of rotatable bonds is 2. The maximum atomic E-state index is 5.47. The Kier molecular flexibility index (Phi) is 2.06. The highest BCUT2D eigenvalue weighted by Crippen LogP contribution is 2.20. The van der Waals surface area contributed by atoms with E-state index in [1.165, 1.54) is 11.0 Å². The Morgan fingerprint density at radius 2 is 2.14 bits per heavy atom. The van der Waals surface area contributed by atoms with Gasteiger partial charge in [0.1, 0.15) is 11.4 Å². The Morgan fingerprint density at radius 3 is 2.79 bits per heavy atom. The fraction of sp³-hybridized carbons (Fsp3) is 0.111. The van der Waals surface area contributed by atoms with Crippen molar-refractivity contribution in [3.05, 3.63) is 30.5 Å². The van der Waals surface area contributed by atoms with Crippen LogP contribution in [-0.2, 0) is 0 Å². The lowest BCUT2D eigenvalue weighted by atomic mass is 10.3. The summed E-state index contributed by atoms with van der Waals surface area (Å²) in [6.07, 6.45) is 1.49. The molecule has 0 aliphatic carbocycles. The number of hydrogen-bond acceptors (Lipinski definition) is 4. The van der Waals surface area contributed by atoms with Gasteiger partial charge in [-0.3, -0.25) is 0 Å². The Morgan fingerprint density at radius 1 is 1.36 bits per heavy atom. The van der Waals surface area contributed by atoms with Crippen molar-refractivity contribution in [2.24, 2.45) is 0 Å². The third-order valence-electron chi connectivity index (χ3n) is 1.81. The van der Waals surface area contributed by atoms with Gasteiger partial charge in [-0.25, -0.2) is 0 Å². The molecule has 2 N–H and O–H groups in total. The van der Waals surface area contributed by atoms with E-state index in [9.17, 15) is 0 Å². The average Bonchev–Trinajstić information content (AvgIpc) is 2.65. The van der Waals surface area contributed by atoms with Gasteiger partial charge < -0.3 is 10.5 Å². The molecule has 72 valence electrons. The van der Waals surface area contributed by atoms with E-state index in [4.69, 9.17) is 10.5 Å². The van der Waals surface area contributed by atoms with Gasteiger partial charge in [0.2, 0.25) is 0 Å². The molecule has 0 atom stereocenters. The molecule has 0 unspecified atom stereocenters. The summed E-state index contributed by atoms with van der Waals surface area (Å²) in [5, 5.41) is 7.99. The van der Waals surface area contributed by atoms with Gasteiger partial charge in [0, 0.05) is 0 Å². The first-order valence-electron chi connectivity index (χ1n) is 4.12. The van der Waals surface area contributed by atoms with Crippen molar-refractivity contribution >= 4 is 5.82 Å². The second-order valence-electron chi connectivity index (χ2n) is 2.73. The smallest absolute Gasteiger partial charge is 0.166 e. The fourth-order valence-electron chi connectivity index (χ4n) is 1.19. The summed E-state index contributed by atoms with van der Waals surface area (Å²) in [5.74, 6) is 1.10. The highest BCUT2D eigenvalue weighted by molar-refractivity contribution is 5.45. The van der Waals surface area contributed by atoms with E-state index < -0.39 is 0 Å². The Balaban J connectivity index is 2.50. The van der Waals surface area contributed by atoms with Gasteiger partial charge in [-0.05, 0) is 12.1 Å². The first-order valence-corrected chi connectivity index (χ1v) is 4.12. The Bertz CT molecular complexity index is 438. The Hall–Kier alpha value is -2.04. The molecule has 0 radical (unpaired) electrons. The summed E-state index contributed by atoms with van der Waals surface area (Å²) >= 11 is 0. The van der Waals surface area contributed by atoms with E-state index in [0.717, 1.165) is 5.69 Å². The van der Waals surface area contributed by atoms with Crippen molar-refractivity contribution in [1.82, 2.24) is 15.0 Å². The van der Waals surface area contributed by atoms with E-state index in [-0.39, 0.29) is 0 Å². The molecule has 2 rings (SSSR count). The lowest BCUT2D eigenvalue weighted by Gasteiger charge is -2.05. The summed E-state index contributed by atoms with van der Waals surface area (Å²) in [7, 11) is 1.60.